The fourth-order valence-electron chi connectivity index (χ4n) is 2.47. The molecule has 2 aromatic rings. The lowest BCUT2D eigenvalue weighted by molar-refractivity contribution is -0.120. The number of hydrogen-bond donors (Lipinski definition) is 1. The van der Waals surface area contributed by atoms with Crippen LogP contribution in [0.4, 0.5) is 11.4 Å². The van der Waals surface area contributed by atoms with Crippen molar-refractivity contribution in [2.45, 2.75) is 27.7 Å². The van der Waals surface area contributed by atoms with Gasteiger partial charge in [-0.1, -0.05) is 35.9 Å². The molecule has 0 unspecified atom stereocenters. The Labute approximate surface area is 147 Å². The van der Waals surface area contributed by atoms with E-state index < -0.39 is 0 Å². The molecule has 1 N–H and O–H groups in total. The molecular weight excluding hydrogens is 324 g/mol. The number of para-hydroxylation sites is 1. The fourth-order valence-corrected chi connectivity index (χ4v) is 2.64. The molecule has 0 atom stereocenters. The molecule has 0 radical (unpaired) electrons. The van der Waals surface area contributed by atoms with Gasteiger partial charge in [-0.25, -0.2) is 0 Å². The lowest BCUT2D eigenvalue weighted by Gasteiger charge is -2.22. The number of aryl methyl sites for hydroxylation is 3. The van der Waals surface area contributed by atoms with E-state index >= 15 is 0 Å². The molecule has 5 heteroatoms. The lowest BCUT2D eigenvalue weighted by atomic mass is 10.1. The van der Waals surface area contributed by atoms with Crippen LogP contribution >= 0.6 is 11.6 Å². The highest BCUT2D eigenvalue weighted by atomic mass is 35.5. The maximum Gasteiger partial charge on any atom is 0.244 e. The van der Waals surface area contributed by atoms with Crippen LogP contribution < -0.4 is 10.2 Å². The van der Waals surface area contributed by atoms with Crippen molar-refractivity contribution in [3.05, 3.63) is 58.1 Å². The fraction of sp³-hybridized carbons (Fsp3) is 0.263. The Kier molecular flexibility index (Phi) is 5.62. The first-order valence-corrected chi connectivity index (χ1v) is 8.07. The molecule has 0 fully saturated rings. The number of nitrogens with zero attached hydrogens (tertiary/aromatic N) is 1. The number of hydrogen-bond acceptors (Lipinski definition) is 2. The summed E-state index contributed by atoms with van der Waals surface area (Å²) >= 11 is 6.13. The number of carbonyl (C=O) groups is 2. The van der Waals surface area contributed by atoms with E-state index in [2.05, 4.69) is 5.32 Å². The van der Waals surface area contributed by atoms with Crippen molar-refractivity contribution in [2.24, 2.45) is 0 Å². The van der Waals surface area contributed by atoms with Gasteiger partial charge in [-0.05, 0) is 49.6 Å². The zero-order valence-corrected chi connectivity index (χ0v) is 15.1. The molecule has 24 heavy (non-hydrogen) atoms. The van der Waals surface area contributed by atoms with Crippen LogP contribution in [0.25, 0.3) is 0 Å². The van der Waals surface area contributed by atoms with Gasteiger partial charge in [-0.3, -0.25) is 9.59 Å². The van der Waals surface area contributed by atoms with E-state index in [4.69, 9.17) is 11.6 Å². The van der Waals surface area contributed by atoms with Gasteiger partial charge in [-0.2, -0.15) is 0 Å². The third-order valence-electron chi connectivity index (χ3n) is 3.89. The Morgan fingerprint density at radius 1 is 1.04 bits per heavy atom. The minimum atomic E-state index is -0.251. The first kappa shape index (κ1) is 18.0. The highest BCUT2D eigenvalue weighted by molar-refractivity contribution is 6.31. The number of anilines is 2. The van der Waals surface area contributed by atoms with Crippen LogP contribution in [0, 0.1) is 20.8 Å². The minimum Gasteiger partial charge on any atom is -0.324 e. The molecule has 4 nitrogen and oxygen atoms in total. The van der Waals surface area contributed by atoms with Crippen molar-refractivity contribution in [3.8, 4) is 0 Å². The van der Waals surface area contributed by atoms with Crippen LogP contribution in [0.1, 0.15) is 23.6 Å². The van der Waals surface area contributed by atoms with Gasteiger partial charge in [0.1, 0.15) is 6.54 Å². The van der Waals surface area contributed by atoms with Crippen LogP contribution in [0.5, 0.6) is 0 Å². The lowest BCUT2D eigenvalue weighted by Crippen LogP contribution is -2.36. The van der Waals surface area contributed by atoms with E-state index in [1.165, 1.54) is 11.8 Å². The van der Waals surface area contributed by atoms with Crippen LogP contribution in [-0.2, 0) is 9.59 Å². The van der Waals surface area contributed by atoms with Crippen molar-refractivity contribution in [2.75, 3.05) is 16.8 Å². The second kappa shape index (κ2) is 7.49. The zero-order chi connectivity index (χ0) is 17.9. The van der Waals surface area contributed by atoms with E-state index in [1.54, 1.807) is 12.1 Å². The van der Waals surface area contributed by atoms with Gasteiger partial charge >= 0.3 is 0 Å². The largest absolute Gasteiger partial charge is 0.324 e. The number of benzene rings is 2. The molecule has 126 valence electrons. The maximum atomic E-state index is 12.4. The molecule has 0 heterocycles. The van der Waals surface area contributed by atoms with Gasteiger partial charge in [-0.15, -0.1) is 0 Å². The molecule has 0 aliphatic rings. The van der Waals surface area contributed by atoms with Crippen LogP contribution in [-0.4, -0.2) is 18.4 Å². The first-order valence-electron chi connectivity index (χ1n) is 7.70. The summed E-state index contributed by atoms with van der Waals surface area (Å²) in [5.74, 6) is -0.467. The van der Waals surface area contributed by atoms with Gasteiger partial charge < -0.3 is 10.2 Å². The Balaban J connectivity index is 2.20. The number of halogens is 1. The highest BCUT2D eigenvalue weighted by Gasteiger charge is 2.17. The summed E-state index contributed by atoms with van der Waals surface area (Å²) in [5, 5.41) is 3.46. The normalized spacial score (nSPS) is 10.4. The topological polar surface area (TPSA) is 49.4 Å². The second-order valence-corrected chi connectivity index (χ2v) is 6.26. The standard InChI is InChI=1S/C19H21ClN2O2/c1-12-8-9-16(10-17(12)20)22(15(4)23)11-18(24)21-19-13(2)6-5-7-14(19)3/h5-10H,11H2,1-4H3,(H,21,24). The van der Waals surface area contributed by atoms with Crippen molar-refractivity contribution < 1.29 is 9.59 Å². The summed E-state index contributed by atoms with van der Waals surface area (Å²) in [4.78, 5) is 25.8. The molecule has 0 aromatic heterocycles. The minimum absolute atomic E-state index is 0.0670. The molecule has 0 saturated heterocycles. The van der Waals surface area contributed by atoms with Gasteiger partial charge in [0.15, 0.2) is 0 Å². The predicted octanol–water partition coefficient (Wildman–Crippen LogP) is 4.26. The summed E-state index contributed by atoms with van der Waals surface area (Å²) in [6.07, 6.45) is 0. The Hall–Kier alpha value is -2.33. The Morgan fingerprint density at radius 2 is 1.67 bits per heavy atom. The average molecular weight is 345 g/mol. The van der Waals surface area contributed by atoms with Gasteiger partial charge in [0, 0.05) is 23.3 Å². The molecule has 0 aliphatic carbocycles. The average Bonchev–Trinajstić information content (AvgIpc) is 2.51. The summed E-state index contributed by atoms with van der Waals surface area (Å²) in [7, 11) is 0. The number of nitrogens with one attached hydrogen (secondary N) is 1. The number of carbonyl (C=O) groups excluding carboxylic acids is 2. The van der Waals surface area contributed by atoms with Crippen molar-refractivity contribution in [3.63, 3.8) is 0 Å². The molecule has 2 amide bonds. The summed E-state index contributed by atoms with van der Waals surface area (Å²) < 4.78 is 0. The summed E-state index contributed by atoms with van der Waals surface area (Å²) in [6.45, 7) is 7.12. The molecule has 2 aromatic carbocycles. The van der Waals surface area contributed by atoms with E-state index in [-0.39, 0.29) is 18.4 Å². The third kappa shape index (κ3) is 4.15. The molecule has 0 saturated carbocycles. The van der Waals surface area contributed by atoms with E-state index in [1.807, 2.05) is 45.0 Å². The van der Waals surface area contributed by atoms with Crippen molar-refractivity contribution in [1.29, 1.82) is 0 Å². The summed E-state index contributed by atoms with van der Waals surface area (Å²) in [6, 6.07) is 11.1. The Bertz CT molecular complexity index is 767. The van der Waals surface area contributed by atoms with Gasteiger partial charge in [0.2, 0.25) is 11.8 Å². The zero-order valence-electron chi connectivity index (χ0n) is 14.3. The smallest absolute Gasteiger partial charge is 0.244 e. The second-order valence-electron chi connectivity index (χ2n) is 5.85. The van der Waals surface area contributed by atoms with E-state index in [9.17, 15) is 9.59 Å². The molecular formula is C19H21ClN2O2. The predicted molar refractivity (Wildman–Crippen MR) is 98.8 cm³/mol. The van der Waals surface area contributed by atoms with Gasteiger partial charge in [0.05, 0.1) is 0 Å². The van der Waals surface area contributed by atoms with E-state index in [0.29, 0.717) is 10.7 Å². The van der Waals surface area contributed by atoms with Crippen molar-refractivity contribution >= 4 is 34.8 Å². The van der Waals surface area contributed by atoms with E-state index in [0.717, 1.165) is 22.4 Å². The maximum absolute atomic E-state index is 12.4. The first-order chi connectivity index (χ1) is 11.3. The van der Waals surface area contributed by atoms with Crippen LogP contribution in [0.3, 0.4) is 0 Å². The molecule has 2 rings (SSSR count). The third-order valence-corrected chi connectivity index (χ3v) is 4.30. The molecule has 0 bridgehead atoms. The molecule has 0 aliphatic heterocycles. The SMILES string of the molecule is CC(=O)N(CC(=O)Nc1c(C)cccc1C)c1ccc(C)c(Cl)c1. The monoisotopic (exact) mass is 344 g/mol. The number of rotatable bonds is 4. The highest BCUT2D eigenvalue weighted by Crippen LogP contribution is 2.24. The number of amides is 2. The Morgan fingerprint density at radius 3 is 2.21 bits per heavy atom. The summed E-state index contributed by atoms with van der Waals surface area (Å²) in [5.41, 5.74) is 4.28. The van der Waals surface area contributed by atoms with Crippen LogP contribution in [0.2, 0.25) is 5.02 Å². The molecule has 0 spiro atoms. The quantitative estimate of drug-likeness (QED) is 0.901. The van der Waals surface area contributed by atoms with Crippen LogP contribution in [0.15, 0.2) is 36.4 Å². The van der Waals surface area contributed by atoms with Crippen molar-refractivity contribution in [1.82, 2.24) is 0 Å². The van der Waals surface area contributed by atoms with Gasteiger partial charge in [0.25, 0.3) is 0 Å².